The van der Waals surface area contributed by atoms with E-state index in [4.69, 9.17) is 9.47 Å². The van der Waals surface area contributed by atoms with Crippen molar-refractivity contribution in [3.63, 3.8) is 0 Å². The van der Waals surface area contributed by atoms with Crippen molar-refractivity contribution in [3.8, 4) is 11.5 Å². The largest absolute Gasteiger partial charge is 0.493 e. The molecule has 2 fully saturated rings. The molecule has 0 saturated heterocycles. The van der Waals surface area contributed by atoms with Gasteiger partial charge in [0.2, 0.25) is 0 Å². The molecule has 1 aromatic carbocycles. The molecule has 2 atom stereocenters. The molecular formula is C19H25NO5. The van der Waals surface area contributed by atoms with E-state index >= 15 is 0 Å². The zero-order valence-electron chi connectivity index (χ0n) is 14.5. The van der Waals surface area contributed by atoms with Crippen LogP contribution in [0.25, 0.3) is 0 Å². The van der Waals surface area contributed by atoms with Crippen molar-refractivity contribution in [2.24, 2.45) is 5.92 Å². The van der Waals surface area contributed by atoms with E-state index in [0.717, 1.165) is 32.1 Å². The van der Waals surface area contributed by atoms with Gasteiger partial charge in [-0.05, 0) is 56.7 Å². The number of aliphatic carboxylic acids is 1. The van der Waals surface area contributed by atoms with Gasteiger partial charge >= 0.3 is 5.97 Å². The molecule has 6 nitrogen and oxygen atoms in total. The third-order valence-electron chi connectivity index (χ3n) is 5.17. The van der Waals surface area contributed by atoms with Gasteiger partial charge in [-0.1, -0.05) is 6.42 Å². The Morgan fingerprint density at radius 1 is 1.08 bits per heavy atom. The second-order valence-electron chi connectivity index (χ2n) is 6.85. The van der Waals surface area contributed by atoms with E-state index in [1.807, 2.05) is 0 Å². The molecule has 2 aliphatic rings. The smallest absolute Gasteiger partial charge is 0.308 e. The number of methoxy groups -OCH3 is 1. The van der Waals surface area contributed by atoms with Crippen molar-refractivity contribution >= 4 is 11.9 Å². The minimum Gasteiger partial charge on any atom is -0.493 e. The monoisotopic (exact) mass is 347 g/mol. The highest BCUT2D eigenvalue weighted by atomic mass is 16.5. The fourth-order valence-corrected chi connectivity index (χ4v) is 3.78. The number of carbonyl (C=O) groups is 2. The maximum Gasteiger partial charge on any atom is 0.308 e. The van der Waals surface area contributed by atoms with Gasteiger partial charge in [0.05, 0.1) is 19.1 Å². The molecule has 1 amide bonds. The molecule has 1 aromatic rings. The van der Waals surface area contributed by atoms with E-state index in [1.165, 1.54) is 0 Å². The van der Waals surface area contributed by atoms with Crippen LogP contribution in [0.4, 0.5) is 0 Å². The van der Waals surface area contributed by atoms with Crippen LogP contribution in [0.2, 0.25) is 0 Å². The summed E-state index contributed by atoms with van der Waals surface area (Å²) in [6.45, 7) is 0. The Hall–Kier alpha value is -2.24. The number of nitrogens with one attached hydrogen (secondary N) is 1. The fourth-order valence-electron chi connectivity index (χ4n) is 3.78. The maximum absolute atomic E-state index is 12.6. The summed E-state index contributed by atoms with van der Waals surface area (Å²) in [4.78, 5) is 23.8. The molecule has 0 unspecified atom stereocenters. The van der Waals surface area contributed by atoms with Gasteiger partial charge < -0.3 is 19.9 Å². The summed E-state index contributed by atoms with van der Waals surface area (Å²) in [5.74, 6) is -0.438. The van der Waals surface area contributed by atoms with Crippen molar-refractivity contribution in [1.29, 1.82) is 0 Å². The molecule has 0 bridgehead atoms. The first-order valence-electron chi connectivity index (χ1n) is 8.97. The molecule has 0 radical (unpaired) electrons. The zero-order chi connectivity index (χ0) is 17.8. The highest BCUT2D eigenvalue weighted by molar-refractivity contribution is 5.95. The maximum atomic E-state index is 12.6. The van der Waals surface area contributed by atoms with E-state index in [2.05, 4.69) is 5.32 Å². The topological polar surface area (TPSA) is 84.9 Å². The summed E-state index contributed by atoms with van der Waals surface area (Å²) in [5.41, 5.74) is 0.463. The molecule has 0 heterocycles. The predicted molar refractivity (Wildman–Crippen MR) is 92.1 cm³/mol. The molecule has 25 heavy (non-hydrogen) atoms. The van der Waals surface area contributed by atoms with Gasteiger partial charge in [-0.25, -0.2) is 0 Å². The summed E-state index contributed by atoms with van der Waals surface area (Å²) < 4.78 is 11.4. The Bertz CT molecular complexity index is 639. The normalized spacial score (nSPS) is 23.4. The van der Waals surface area contributed by atoms with Crippen molar-refractivity contribution in [2.45, 2.75) is 57.1 Å². The SMILES string of the molecule is COc1ccc(C(=O)N[C@@H]2CCC[C@@H]2C(=O)O)cc1OC1CCCC1. The van der Waals surface area contributed by atoms with Gasteiger partial charge in [0.15, 0.2) is 11.5 Å². The van der Waals surface area contributed by atoms with Crippen LogP contribution in [0.3, 0.4) is 0 Å². The van der Waals surface area contributed by atoms with E-state index in [1.54, 1.807) is 25.3 Å². The number of carboxylic acids is 1. The Balaban J connectivity index is 1.72. The van der Waals surface area contributed by atoms with Crippen LogP contribution in [0, 0.1) is 5.92 Å². The van der Waals surface area contributed by atoms with Crippen molar-refractivity contribution in [1.82, 2.24) is 5.32 Å². The highest BCUT2D eigenvalue weighted by Gasteiger charge is 2.34. The van der Waals surface area contributed by atoms with Gasteiger partial charge in [0, 0.05) is 11.6 Å². The number of carbonyl (C=O) groups excluding carboxylic acids is 1. The van der Waals surface area contributed by atoms with Crippen LogP contribution in [0.1, 0.15) is 55.3 Å². The van der Waals surface area contributed by atoms with Crippen LogP contribution in [-0.4, -0.2) is 36.2 Å². The molecule has 2 aliphatic carbocycles. The average Bonchev–Trinajstić information content (AvgIpc) is 3.26. The fraction of sp³-hybridized carbons (Fsp3) is 0.579. The van der Waals surface area contributed by atoms with Crippen molar-refractivity contribution in [2.75, 3.05) is 7.11 Å². The lowest BCUT2D eigenvalue weighted by molar-refractivity contribution is -0.142. The third kappa shape index (κ3) is 4.06. The number of carboxylic acid groups (broad SMARTS) is 1. The Labute approximate surface area is 147 Å². The first-order valence-corrected chi connectivity index (χ1v) is 8.97. The van der Waals surface area contributed by atoms with Gasteiger partial charge in [-0.3, -0.25) is 9.59 Å². The quantitative estimate of drug-likeness (QED) is 0.826. The molecule has 6 heteroatoms. The average molecular weight is 347 g/mol. The first-order chi connectivity index (χ1) is 12.1. The lowest BCUT2D eigenvalue weighted by Gasteiger charge is -2.19. The Morgan fingerprint density at radius 2 is 1.84 bits per heavy atom. The van der Waals surface area contributed by atoms with E-state index in [0.29, 0.717) is 29.9 Å². The van der Waals surface area contributed by atoms with Gasteiger partial charge in [-0.15, -0.1) is 0 Å². The number of rotatable bonds is 6. The molecular weight excluding hydrogens is 322 g/mol. The van der Waals surface area contributed by atoms with Crippen LogP contribution < -0.4 is 14.8 Å². The zero-order valence-corrected chi connectivity index (χ0v) is 14.5. The van der Waals surface area contributed by atoms with Crippen molar-refractivity contribution < 1.29 is 24.2 Å². The molecule has 3 rings (SSSR count). The highest BCUT2D eigenvalue weighted by Crippen LogP contribution is 2.33. The minimum absolute atomic E-state index is 0.165. The molecule has 2 N–H and O–H groups in total. The lowest BCUT2D eigenvalue weighted by atomic mass is 10.0. The van der Waals surface area contributed by atoms with Crippen molar-refractivity contribution in [3.05, 3.63) is 23.8 Å². The van der Waals surface area contributed by atoms with E-state index < -0.39 is 11.9 Å². The second-order valence-corrected chi connectivity index (χ2v) is 6.85. The summed E-state index contributed by atoms with van der Waals surface area (Å²) in [5, 5.41) is 12.1. The summed E-state index contributed by atoms with van der Waals surface area (Å²) >= 11 is 0. The number of hydrogen-bond acceptors (Lipinski definition) is 4. The van der Waals surface area contributed by atoms with E-state index in [9.17, 15) is 14.7 Å². The number of ether oxygens (including phenoxy) is 2. The molecule has 0 aromatic heterocycles. The number of benzene rings is 1. The van der Waals surface area contributed by atoms with Crippen LogP contribution >= 0.6 is 0 Å². The second kappa shape index (κ2) is 7.76. The number of hydrogen-bond donors (Lipinski definition) is 2. The van der Waals surface area contributed by atoms with Crippen LogP contribution in [0.5, 0.6) is 11.5 Å². The summed E-state index contributed by atoms with van der Waals surface area (Å²) in [6, 6.07) is 4.78. The van der Waals surface area contributed by atoms with Crippen LogP contribution in [0.15, 0.2) is 18.2 Å². The Morgan fingerprint density at radius 3 is 2.52 bits per heavy atom. The molecule has 136 valence electrons. The van der Waals surface area contributed by atoms with Crippen LogP contribution in [-0.2, 0) is 4.79 Å². The number of amides is 1. The predicted octanol–water partition coefficient (Wildman–Crippen LogP) is 3.00. The first kappa shape index (κ1) is 17.6. The summed E-state index contributed by atoms with van der Waals surface area (Å²) in [6.07, 6.45) is 6.64. The van der Waals surface area contributed by atoms with Gasteiger partial charge in [0.1, 0.15) is 0 Å². The molecule has 0 spiro atoms. The van der Waals surface area contributed by atoms with Gasteiger partial charge in [-0.2, -0.15) is 0 Å². The molecule has 2 saturated carbocycles. The Kier molecular flexibility index (Phi) is 5.46. The molecule has 0 aliphatic heterocycles. The lowest BCUT2D eigenvalue weighted by Crippen LogP contribution is -2.40. The summed E-state index contributed by atoms with van der Waals surface area (Å²) in [7, 11) is 1.58. The van der Waals surface area contributed by atoms with E-state index in [-0.39, 0.29) is 18.1 Å². The standard InChI is InChI=1S/C19H25NO5/c1-24-16-10-9-12(11-17(16)25-13-5-2-3-6-13)18(21)20-15-8-4-7-14(15)19(22)23/h9-11,13-15H,2-8H2,1H3,(H,20,21)(H,22,23)/t14-,15+/m0/s1. The third-order valence-corrected chi connectivity index (χ3v) is 5.17. The van der Waals surface area contributed by atoms with Gasteiger partial charge in [0.25, 0.3) is 5.91 Å². The minimum atomic E-state index is -0.845.